The van der Waals surface area contributed by atoms with E-state index in [0.717, 1.165) is 11.8 Å². The first-order valence-corrected chi connectivity index (χ1v) is 6.38. The van der Waals surface area contributed by atoms with Gasteiger partial charge >= 0.3 is 0 Å². The van der Waals surface area contributed by atoms with Gasteiger partial charge in [0.2, 0.25) is 17.6 Å². The molecule has 0 bridgehead atoms. The zero-order valence-electron chi connectivity index (χ0n) is 10.7. The highest BCUT2D eigenvalue weighted by Crippen LogP contribution is 2.25. The summed E-state index contributed by atoms with van der Waals surface area (Å²) in [4.78, 5) is 21.8. The lowest BCUT2D eigenvalue weighted by atomic mass is 10.4. The quantitative estimate of drug-likeness (QED) is 0.697. The molecule has 0 aliphatic carbocycles. The maximum Gasteiger partial charge on any atom is 0.227 e. The van der Waals surface area contributed by atoms with Gasteiger partial charge in [0, 0.05) is 14.0 Å². The summed E-state index contributed by atoms with van der Waals surface area (Å²) in [5.74, 6) is -0.183. The molecule has 2 heterocycles. The van der Waals surface area contributed by atoms with E-state index < -0.39 is 5.91 Å². The fraction of sp³-hybridized carbons (Fsp3) is 0.333. The SMILES string of the molecule is CC(=O)Nc1nonc1-c1nnc(SCC(N)=O)n1C. The van der Waals surface area contributed by atoms with Crippen LogP contribution in [0.1, 0.15) is 6.92 Å². The third-order valence-corrected chi connectivity index (χ3v) is 3.22. The van der Waals surface area contributed by atoms with Crippen LogP contribution in [0.4, 0.5) is 5.82 Å². The van der Waals surface area contributed by atoms with Crippen LogP contribution in [0.25, 0.3) is 11.5 Å². The van der Waals surface area contributed by atoms with E-state index in [1.54, 1.807) is 11.6 Å². The van der Waals surface area contributed by atoms with Gasteiger partial charge in [0.1, 0.15) is 0 Å². The molecule has 0 saturated heterocycles. The second kappa shape index (κ2) is 5.69. The van der Waals surface area contributed by atoms with Crippen molar-refractivity contribution in [2.45, 2.75) is 12.1 Å². The van der Waals surface area contributed by atoms with Crippen LogP contribution < -0.4 is 11.1 Å². The van der Waals surface area contributed by atoms with Crippen LogP contribution in [0.15, 0.2) is 9.79 Å². The van der Waals surface area contributed by atoms with E-state index in [2.05, 4.69) is 30.5 Å². The molecule has 11 heteroatoms. The number of primary amides is 1. The molecule has 2 aromatic heterocycles. The summed E-state index contributed by atoms with van der Waals surface area (Å²) in [6.45, 7) is 1.34. The molecule has 0 saturated carbocycles. The van der Waals surface area contributed by atoms with Gasteiger partial charge in [-0.25, -0.2) is 4.63 Å². The minimum absolute atomic E-state index is 0.0849. The summed E-state index contributed by atoms with van der Waals surface area (Å²) in [5, 5.41) is 18.1. The Hall–Kier alpha value is -2.43. The second-order valence-corrected chi connectivity index (χ2v) is 4.71. The molecule has 2 amide bonds. The molecule has 2 rings (SSSR count). The fourth-order valence-electron chi connectivity index (χ4n) is 1.37. The number of amides is 2. The lowest BCUT2D eigenvalue weighted by Crippen LogP contribution is -2.13. The molecular formula is C9H11N7O3S. The van der Waals surface area contributed by atoms with E-state index in [1.807, 2.05) is 0 Å². The number of nitrogens with one attached hydrogen (secondary N) is 1. The number of nitrogens with zero attached hydrogens (tertiary/aromatic N) is 5. The maximum absolute atomic E-state index is 11.0. The van der Waals surface area contributed by atoms with Gasteiger partial charge in [-0.15, -0.1) is 10.2 Å². The van der Waals surface area contributed by atoms with Crippen molar-refractivity contribution in [3.05, 3.63) is 0 Å². The summed E-state index contributed by atoms with van der Waals surface area (Å²) in [7, 11) is 1.69. The molecular weight excluding hydrogens is 286 g/mol. The molecule has 0 radical (unpaired) electrons. The molecule has 3 N–H and O–H groups in total. The Labute approximate surface area is 117 Å². The third kappa shape index (κ3) is 2.93. The Morgan fingerprint density at radius 1 is 1.40 bits per heavy atom. The first-order chi connectivity index (χ1) is 9.49. The fourth-order valence-corrected chi connectivity index (χ4v) is 2.02. The van der Waals surface area contributed by atoms with Crippen molar-refractivity contribution < 1.29 is 14.2 Å². The summed E-state index contributed by atoms with van der Waals surface area (Å²) in [6.07, 6.45) is 0. The molecule has 0 unspecified atom stereocenters. The first kappa shape index (κ1) is 14.0. The molecule has 0 spiro atoms. The molecule has 0 atom stereocenters. The summed E-state index contributed by atoms with van der Waals surface area (Å²) >= 11 is 1.14. The zero-order chi connectivity index (χ0) is 14.7. The number of hydrogen-bond acceptors (Lipinski definition) is 8. The minimum Gasteiger partial charge on any atom is -0.369 e. The molecule has 106 valence electrons. The van der Waals surface area contributed by atoms with Crippen molar-refractivity contribution in [1.29, 1.82) is 0 Å². The van der Waals surface area contributed by atoms with Crippen LogP contribution >= 0.6 is 11.8 Å². The summed E-state index contributed by atoms with van der Waals surface area (Å²) < 4.78 is 6.18. The average molecular weight is 297 g/mol. The van der Waals surface area contributed by atoms with Gasteiger partial charge in [-0.3, -0.25) is 9.59 Å². The van der Waals surface area contributed by atoms with Gasteiger partial charge in [0.15, 0.2) is 16.7 Å². The van der Waals surface area contributed by atoms with Crippen LogP contribution in [0.2, 0.25) is 0 Å². The number of hydrogen-bond donors (Lipinski definition) is 2. The van der Waals surface area contributed by atoms with E-state index in [4.69, 9.17) is 5.73 Å². The highest BCUT2D eigenvalue weighted by Gasteiger charge is 2.20. The topological polar surface area (TPSA) is 142 Å². The van der Waals surface area contributed by atoms with Gasteiger partial charge in [-0.2, -0.15) is 0 Å². The van der Waals surface area contributed by atoms with Crippen molar-refractivity contribution >= 4 is 29.4 Å². The van der Waals surface area contributed by atoms with Crippen LogP contribution in [0.5, 0.6) is 0 Å². The monoisotopic (exact) mass is 297 g/mol. The van der Waals surface area contributed by atoms with Gasteiger partial charge in [0.05, 0.1) is 5.75 Å². The number of carbonyl (C=O) groups is 2. The Morgan fingerprint density at radius 2 is 2.15 bits per heavy atom. The van der Waals surface area contributed by atoms with Crippen LogP contribution in [0.3, 0.4) is 0 Å². The van der Waals surface area contributed by atoms with Crippen molar-refractivity contribution in [2.24, 2.45) is 12.8 Å². The second-order valence-electron chi connectivity index (χ2n) is 3.76. The molecule has 10 nitrogen and oxygen atoms in total. The van der Waals surface area contributed by atoms with Crippen LogP contribution in [0, 0.1) is 0 Å². The van der Waals surface area contributed by atoms with Gasteiger partial charge < -0.3 is 15.6 Å². The zero-order valence-corrected chi connectivity index (χ0v) is 11.5. The van der Waals surface area contributed by atoms with Crippen molar-refractivity contribution in [3.8, 4) is 11.5 Å². The molecule has 0 aromatic carbocycles. The smallest absolute Gasteiger partial charge is 0.227 e. The number of nitrogens with two attached hydrogens (primary N) is 1. The predicted octanol–water partition coefficient (Wildman–Crippen LogP) is -0.599. The largest absolute Gasteiger partial charge is 0.369 e. The Balaban J connectivity index is 2.27. The van der Waals surface area contributed by atoms with Gasteiger partial charge in [-0.1, -0.05) is 11.8 Å². The molecule has 0 aliphatic heterocycles. The highest BCUT2D eigenvalue weighted by molar-refractivity contribution is 7.99. The summed E-state index contributed by atoms with van der Waals surface area (Å²) in [6, 6.07) is 0. The average Bonchev–Trinajstić information content (AvgIpc) is 2.93. The van der Waals surface area contributed by atoms with E-state index in [0.29, 0.717) is 11.0 Å². The molecule has 0 fully saturated rings. The highest BCUT2D eigenvalue weighted by atomic mass is 32.2. The van der Waals surface area contributed by atoms with Crippen molar-refractivity contribution in [3.63, 3.8) is 0 Å². The van der Waals surface area contributed by atoms with E-state index >= 15 is 0 Å². The van der Waals surface area contributed by atoms with Crippen LogP contribution in [-0.4, -0.2) is 42.6 Å². The lowest BCUT2D eigenvalue weighted by molar-refractivity contribution is -0.116. The van der Waals surface area contributed by atoms with Gasteiger partial charge in [0.25, 0.3) is 0 Å². The van der Waals surface area contributed by atoms with Crippen LogP contribution in [-0.2, 0) is 16.6 Å². The first-order valence-electron chi connectivity index (χ1n) is 5.40. The van der Waals surface area contributed by atoms with Crippen molar-refractivity contribution in [1.82, 2.24) is 25.1 Å². The molecule has 2 aromatic rings. The van der Waals surface area contributed by atoms with E-state index in [1.165, 1.54) is 6.92 Å². The van der Waals surface area contributed by atoms with E-state index in [-0.39, 0.29) is 23.2 Å². The maximum atomic E-state index is 11.0. The lowest BCUT2D eigenvalue weighted by Gasteiger charge is -2.01. The Kier molecular flexibility index (Phi) is 3.98. The number of anilines is 1. The number of rotatable bonds is 5. The predicted molar refractivity (Wildman–Crippen MR) is 68.5 cm³/mol. The molecule has 0 aliphatic rings. The van der Waals surface area contributed by atoms with Gasteiger partial charge in [-0.05, 0) is 10.3 Å². The minimum atomic E-state index is -0.457. The van der Waals surface area contributed by atoms with Crippen molar-refractivity contribution in [2.75, 3.05) is 11.1 Å². The normalized spacial score (nSPS) is 10.5. The Morgan fingerprint density at radius 3 is 2.80 bits per heavy atom. The Bertz CT molecular complexity index is 650. The molecule has 20 heavy (non-hydrogen) atoms. The number of carbonyl (C=O) groups excluding carboxylic acids is 2. The van der Waals surface area contributed by atoms with E-state index in [9.17, 15) is 9.59 Å². The third-order valence-electron chi connectivity index (χ3n) is 2.17. The standard InChI is InChI=1S/C9H11N7O3S/c1-4(17)11-7-6(14-19-15-7)8-12-13-9(16(8)2)20-3-5(10)18/h3H2,1-2H3,(H2,10,18)(H,11,15,17). The number of thioether (sulfide) groups is 1. The summed E-state index contributed by atoms with van der Waals surface area (Å²) in [5.41, 5.74) is 5.32. The number of aromatic nitrogens is 5.